The van der Waals surface area contributed by atoms with Crippen molar-refractivity contribution < 1.29 is 38.5 Å². The second-order valence-corrected chi connectivity index (χ2v) is 12.8. The molecular formula is C39H41ClN4O8. The molecule has 4 aromatic rings. The number of halogens is 1. The number of carbonyl (C=O) groups excluding carboxylic acids is 4. The second kappa shape index (κ2) is 18.0. The maximum Gasteiger partial charge on any atom is 0.255 e. The number of amides is 4. The van der Waals surface area contributed by atoms with Crippen LogP contribution in [0.2, 0.25) is 5.02 Å². The minimum Gasteiger partial charge on any atom is -0.508 e. The molecule has 4 amide bonds. The molecule has 0 bridgehead atoms. The SMILES string of the molecule is C[C@H](COc1ccccc1Oc1ccc(Cl)cc1)NC(=O)[C@@H]1CCC(=O)N[C@@H](Cc2ccc(O)cc2)C(=O)N(C)CCOc2ccccc2C(=O)N1. The second-order valence-electron chi connectivity index (χ2n) is 12.4. The lowest BCUT2D eigenvalue weighted by molar-refractivity contribution is -0.135. The Morgan fingerprint density at radius 3 is 2.40 bits per heavy atom. The van der Waals surface area contributed by atoms with E-state index in [1.807, 2.05) is 6.07 Å². The number of ether oxygens (including phenoxy) is 3. The van der Waals surface area contributed by atoms with E-state index in [1.54, 1.807) is 92.8 Å². The summed E-state index contributed by atoms with van der Waals surface area (Å²) in [6.45, 7) is 2.07. The van der Waals surface area contributed by atoms with Crippen LogP contribution in [0.3, 0.4) is 0 Å². The van der Waals surface area contributed by atoms with Crippen molar-refractivity contribution in [2.75, 3.05) is 26.8 Å². The Labute approximate surface area is 307 Å². The maximum absolute atomic E-state index is 13.7. The molecule has 12 nitrogen and oxygen atoms in total. The van der Waals surface area contributed by atoms with Gasteiger partial charge >= 0.3 is 0 Å². The summed E-state index contributed by atoms with van der Waals surface area (Å²) in [7, 11) is 1.61. The first-order valence-corrected chi connectivity index (χ1v) is 17.2. The Morgan fingerprint density at radius 1 is 0.962 bits per heavy atom. The van der Waals surface area contributed by atoms with Crippen molar-refractivity contribution in [1.82, 2.24) is 20.9 Å². The highest BCUT2D eigenvalue weighted by Gasteiger charge is 2.29. The van der Waals surface area contributed by atoms with E-state index in [-0.39, 0.29) is 62.0 Å². The molecule has 0 aromatic heterocycles. The number of aromatic hydroxyl groups is 1. The molecule has 13 heteroatoms. The fraction of sp³-hybridized carbons (Fsp3) is 0.282. The fourth-order valence-corrected chi connectivity index (χ4v) is 5.57. The lowest BCUT2D eigenvalue weighted by atomic mass is 10.0. The van der Waals surface area contributed by atoms with Crippen molar-refractivity contribution >= 4 is 35.2 Å². The first-order chi connectivity index (χ1) is 25.0. The van der Waals surface area contributed by atoms with Crippen molar-refractivity contribution in [3.05, 3.63) is 113 Å². The Hall–Kier alpha value is -5.75. The third-order valence-electron chi connectivity index (χ3n) is 8.25. The van der Waals surface area contributed by atoms with Crippen LogP contribution >= 0.6 is 11.6 Å². The first-order valence-electron chi connectivity index (χ1n) is 16.9. The van der Waals surface area contributed by atoms with Crippen LogP contribution in [0.4, 0.5) is 0 Å². The topological polar surface area (TPSA) is 156 Å². The summed E-state index contributed by atoms with van der Waals surface area (Å²) < 4.78 is 17.9. The Morgan fingerprint density at radius 2 is 1.65 bits per heavy atom. The van der Waals surface area contributed by atoms with Crippen LogP contribution in [0.5, 0.6) is 28.7 Å². The van der Waals surface area contributed by atoms with Gasteiger partial charge in [-0.15, -0.1) is 0 Å². The lowest BCUT2D eigenvalue weighted by Gasteiger charge is -2.25. The van der Waals surface area contributed by atoms with Crippen LogP contribution < -0.4 is 30.2 Å². The molecule has 52 heavy (non-hydrogen) atoms. The molecule has 272 valence electrons. The number of hydrogen-bond acceptors (Lipinski definition) is 8. The Bertz CT molecular complexity index is 1850. The van der Waals surface area contributed by atoms with Gasteiger partial charge in [0.05, 0.1) is 18.2 Å². The third-order valence-corrected chi connectivity index (χ3v) is 8.50. The summed E-state index contributed by atoms with van der Waals surface area (Å²) in [5.74, 6) is -0.0415. The number of para-hydroxylation sites is 3. The molecule has 1 aliphatic heterocycles. The summed E-state index contributed by atoms with van der Waals surface area (Å²) >= 11 is 5.99. The zero-order valence-electron chi connectivity index (χ0n) is 28.8. The van der Waals surface area contributed by atoms with E-state index < -0.39 is 35.8 Å². The number of likely N-dealkylation sites (N-methyl/N-ethyl adjacent to an activating group) is 1. The standard InChI is InChI=1S/C39H41ClN4O8/c1-25(24-51-34-9-5-6-10-35(34)52-29-17-13-27(40)14-18-29)41-38(48)31-19-20-36(46)42-32(23-26-11-15-28(45)16-12-26)39(49)44(2)21-22-50-33-8-4-3-7-30(33)37(47)43-31/h3-18,25,31-32,45H,19-24H2,1-2H3,(H,41,48)(H,42,46)(H,43,47)/t25-,31+,32+/m1/s1. The predicted octanol–water partition coefficient (Wildman–Crippen LogP) is 4.88. The zero-order valence-corrected chi connectivity index (χ0v) is 29.6. The molecule has 0 unspecified atom stereocenters. The predicted molar refractivity (Wildman–Crippen MR) is 195 cm³/mol. The average Bonchev–Trinajstić information content (AvgIpc) is 3.14. The van der Waals surface area contributed by atoms with Gasteiger partial charge in [-0.3, -0.25) is 19.2 Å². The normalized spacial score (nSPS) is 17.6. The van der Waals surface area contributed by atoms with Gasteiger partial charge in [0.15, 0.2) is 11.5 Å². The Balaban J connectivity index is 1.29. The molecular weight excluding hydrogens is 688 g/mol. The molecule has 1 heterocycles. The quantitative estimate of drug-likeness (QED) is 0.190. The molecule has 4 N–H and O–H groups in total. The third kappa shape index (κ3) is 10.6. The van der Waals surface area contributed by atoms with Gasteiger partial charge < -0.3 is 40.2 Å². The van der Waals surface area contributed by atoms with Crippen LogP contribution in [-0.2, 0) is 20.8 Å². The highest BCUT2D eigenvalue weighted by Crippen LogP contribution is 2.32. The van der Waals surface area contributed by atoms with Crippen LogP contribution in [0.1, 0.15) is 35.7 Å². The van der Waals surface area contributed by atoms with Crippen molar-refractivity contribution in [3.63, 3.8) is 0 Å². The minimum atomic E-state index is -1.12. The van der Waals surface area contributed by atoms with Crippen molar-refractivity contribution in [1.29, 1.82) is 0 Å². The van der Waals surface area contributed by atoms with Crippen molar-refractivity contribution in [3.8, 4) is 28.7 Å². The molecule has 0 saturated heterocycles. The number of nitrogens with one attached hydrogen (secondary N) is 3. The van der Waals surface area contributed by atoms with Crippen LogP contribution in [0.25, 0.3) is 0 Å². The molecule has 0 aliphatic carbocycles. The monoisotopic (exact) mass is 728 g/mol. The molecule has 0 fully saturated rings. The number of rotatable bonds is 9. The molecule has 1 aliphatic rings. The molecule has 4 aromatic carbocycles. The van der Waals surface area contributed by atoms with E-state index in [2.05, 4.69) is 16.0 Å². The minimum absolute atomic E-state index is 0.0618. The van der Waals surface area contributed by atoms with E-state index in [0.29, 0.717) is 22.3 Å². The molecule has 0 radical (unpaired) electrons. The average molecular weight is 729 g/mol. The van der Waals surface area contributed by atoms with Crippen molar-refractivity contribution in [2.24, 2.45) is 0 Å². The van der Waals surface area contributed by atoms with Crippen LogP contribution in [-0.4, -0.2) is 78.6 Å². The maximum atomic E-state index is 13.7. The summed E-state index contributed by atoms with van der Waals surface area (Å²) in [5, 5.41) is 18.7. The summed E-state index contributed by atoms with van der Waals surface area (Å²) in [5.41, 5.74) is 0.931. The van der Waals surface area contributed by atoms with E-state index in [9.17, 15) is 24.3 Å². The number of fused-ring (bicyclic) bond motifs is 1. The van der Waals surface area contributed by atoms with E-state index in [0.717, 1.165) is 5.56 Å². The molecule has 0 saturated carbocycles. The van der Waals surface area contributed by atoms with Crippen LogP contribution in [0, 0.1) is 0 Å². The van der Waals surface area contributed by atoms with Gasteiger partial charge in [-0.1, -0.05) is 48.0 Å². The number of phenols is 1. The fourth-order valence-electron chi connectivity index (χ4n) is 5.45. The van der Waals surface area contributed by atoms with Gasteiger partial charge in [-0.2, -0.15) is 0 Å². The zero-order chi connectivity index (χ0) is 37.0. The van der Waals surface area contributed by atoms with E-state index >= 15 is 0 Å². The van der Waals surface area contributed by atoms with Gasteiger partial charge in [0.1, 0.15) is 42.5 Å². The summed E-state index contributed by atoms with van der Waals surface area (Å²) in [4.78, 5) is 55.5. The van der Waals surface area contributed by atoms with Gasteiger partial charge in [-0.25, -0.2) is 0 Å². The summed E-state index contributed by atoms with van der Waals surface area (Å²) in [6.07, 6.45) is -0.0570. The molecule has 5 rings (SSSR count). The molecule has 0 spiro atoms. The smallest absolute Gasteiger partial charge is 0.255 e. The van der Waals surface area contributed by atoms with Crippen molar-refractivity contribution in [2.45, 2.75) is 44.3 Å². The highest BCUT2D eigenvalue weighted by atomic mass is 35.5. The van der Waals surface area contributed by atoms with E-state index in [1.165, 1.54) is 17.0 Å². The van der Waals surface area contributed by atoms with Gasteiger partial charge in [-0.05, 0) is 79.6 Å². The van der Waals surface area contributed by atoms with E-state index in [4.69, 9.17) is 25.8 Å². The number of nitrogens with zero attached hydrogens (tertiary/aromatic N) is 1. The Kier molecular flexibility index (Phi) is 12.9. The number of benzene rings is 4. The summed E-state index contributed by atoms with van der Waals surface area (Å²) in [6, 6.07) is 24.4. The number of phenolic OH excluding ortho intramolecular Hbond substituents is 1. The first kappa shape index (κ1) is 37.5. The van der Waals surface area contributed by atoms with Gasteiger partial charge in [0.2, 0.25) is 17.7 Å². The number of carbonyl (C=O) groups is 4. The number of hydrogen-bond donors (Lipinski definition) is 4. The van der Waals surface area contributed by atoms with Gasteiger partial charge in [0.25, 0.3) is 5.91 Å². The van der Waals surface area contributed by atoms with Gasteiger partial charge in [0, 0.05) is 24.9 Å². The highest BCUT2D eigenvalue weighted by molar-refractivity contribution is 6.30. The van der Waals surface area contributed by atoms with Crippen LogP contribution in [0.15, 0.2) is 97.1 Å². The lowest BCUT2D eigenvalue weighted by Crippen LogP contribution is -2.51. The molecule has 3 atom stereocenters. The largest absolute Gasteiger partial charge is 0.508 e.